The van der Waals surface area contributed by atoms with Gasteiger partial charge in [0.15, 0.2) is 5.69 Å². The number of carbonyl (C=O) groups excluding carboxylic acids is 1. The number of aromatic nitrogens is 1. The van der Waals surface area contributed by atoms with Crippen molar-refractivity contribution >= 4 is 11.9 Å². The van der Waals surface area contributed by atoms with Crippen LogP contribution in [0.3, 0.4) is 0 Å². The molecular weight excluding hydrogens is 447 g/mol. The summed E-state index contributed by atoms with van der Waals surface area (Å²) >= 11 is 0. The number of amides is 1. The molecule has 9 nitrogen and oxygen atoms in total. The number of ether oxygens (including phenoxy) is 1. The first-order valence-electron chi connectivity index (χ1n) is 10.6. The van der Waals surface area contributed by atoms with E-state index < -0.39 is 12.1 Å². The molecule has 1 aliphatic carbocycles. The maximum atomic E-state index is 12.8. The number of carboxylic acids is 1. The van der Waals surface area contributed by atoms with E-state index >= 15 is 0 Å². The molecule has 0 unspecified atom stereocenters. The van der Waals surface area contributed by atoms with Gasteiger partial charge in [0, 0.05) is 44.1 Å². The number of aliphatic carboxylic acids is 1. The lowest BCUT2D eigenvalue weighted by Crippen LogP contribution is -2.33. The number of hydrogen-bond donors (Lipinski definition) is 1. The van der Waals surface area contributed by atoms with E-state index in [9.17, 15) is 18.0 Å². The number of rotatable bonds is 4. The number of furan rings is 1. The fourth-order valence-electron chi connectivity index (χ4n) is 4.01. The highest BCUT2D eigenvalue weighted by Gasteiger charge is 2.40. The Kier molecular flexibility index (Phi) is 6.75. The van der Waals surface area contributed by atoms with Crippen LogP contribution in [0, 0.1) is 5.92 Å². The van der Waals surface area contributed by atoms with Gasteiger partial charge in [-0.25, -0.2) is 4.79 Å². The average Bonchev–Trinajstić information content (AvgIpc) is 3.15. The van der Waals surface area contributed by atoms with Crippen LogP contribution in [0.25, 0.3) is 0 Å². The standard InChI is InChI=1S/C19H23N3O4.C2HF3O2/c23-19(16-8-17(26-20-16)13-3-4-13)22-10-14-9-21(5-7-25-18(14)12-22)11-15-2-1-6-24-15;3-2(4,5)1(6)7/h1-2,6,8,13-14,18H,3-5,7,9-12H2;(H,6,7)/t14-,18+;/m0./s1. The molecule has 2 atom stereocenters. The molecular formula is C21H24F3N3O6. The predicted octanol–water partition coefficient (Wildman–Crippen LogP) is 2.75. The molecule has 4 heterocycles. The fourth-order valence-corrected chi connectivity index (χ4v) is 4.01. The number of carboxylic acid groups (broad SMARTS) is 1. The zero-order valence-electron chi connectivity index (χ0n) is 17.7. The average molecular weight is 471 g/mol. The van der Waals surface area contributed by atoms with Crippen molar-refractivity contribution in [2.24, 2.45) is 5.92 Å². The first-order chi connectivity index (χ1) is 15.7. The third-order valence-electron chi connectivity index (χ3n) is 5.83. The summed E-state index contributed by atoms with van der Waals surface area (Å²) in [5.41, 5.74) is 0.427. The number of fused-ring (bicyclic) bond motifs is 1. The van der Waals surface area contributed by atoms with Crippen LogP contribution in [0.2, 0.25) is 0 Å². The van der Waals surface area contributed by atoms with Crippen LogP contribution in [0.4, 0.5) is 13.2 Å². The van der Waals surface area contributed by atoms with E-state index in [4.69, 9.17) is 23.6 Å². The molecule has 2 aromatic rings. The zero-order chi connectivity index (χ0) is 23.6. The van der Waals surface area contributed by atoms with E-state index in [1.807, 2.05) is 23.1 Å². The van der Waals surface area contributed by atoms with E-state index in [0.29, 0.717) is 37.2 Å². The lowest BCUT2D eigenvalue weighted by Gasteiger charge is -2.22. The highest BCUT2D eigenvalue weighted by atomic mass is 19.4. The summed E-state index contributed by atoms with van der Waals surface area (Å²) in [6.07, 6.45) is -1.02. The Bertz CT molecular complexity index is 957. The number of carbonyl (C=O) groups is 2. The topological polar surface area (TPSA) is 109 Å². The Morgan fingerprint density at radius 2 is 1.97 bits per heavy atom. The third-order valence-corrected chi connectivity index (χ3v) is 5.83. The Labute approximate surface area is 187 Å². The molecule has 1 saturated carbocycles. The molecule has 5 rings (SSSR count). The summed E-state index contributed by atoms with van der Waals surface area (Å²) in [7, 11) is 0. The Balaban J connectivity index is 0.000000325. The molecule has 2 saturated heterocycles. The Hall–Kier alpha value is -2.86. The van der Waals surface area contributed by atoms with Gasteiger partial charge in [0.2, 0.25) is 0 Å². The van der Waals surface area contributed by atoms with Crippen molar-refractivity contribution in [3.8, 4) is 0 Å². The van der Waals surface area contributed by atoms with E-state index in [1.54, 1.807) is 6.26 Å². The van der Waals surface area contributed by atoms with E-state index in [1.165, 1.54) is 0 Å². The first-order valence-corrected chi connectivity index (χ1v) is 10.6. The van der Waals surface area contributed by atoms with Crippen LogP contribution in [0.15, 0.2) is 33.4 Å². The lowest BCUT2D eigenvalue weighted by molar-refractivity contribution is -0.192. The molecule has 180 valence electrons. The summed E-state index contributed by atoms with van der Waals surface area (Å²) in [5, 5.41) is 11.1. The molecule has 0 spiro atoms. The summed E-state index contributed by atoms with van der Waals surface area (Å²) in [5.74, 6) is -0.215. The Morgan fingerprint density at radius 3 is 2.61 bits per heavy atom. The molecule has 3 fully saturated rings. The fraction of sp³-hybridized carbons (Fsp3) is 0.571. The van der Waals surface area contributed by atoms with Gasteiger partial charge in [0.05, 0.1) is 25.5 Å². The number of halogens is 3. The zero-order valence-corrected chi connectivity index (χ0v) is 17.7. The third kappa shape index (κ3) is 5.93. The molecule has 33 heavy (non-hydrogen) atoms. The van der Waals surface area contributed by atoms with Crippen LogP contribution < -0.4 is 0 Å². The van der Waals surface area contributed by atoms with Gasteiger partial charge >= 0.3 is 12.1 Å². The molecule has 2 aliphatic heterocycles. The molecule has 3 aliphatic rings. The number of hydrogen-bond acceptors (Lipinski definition) is 7. The minimum Gasteiger partial charge on any atom is -0.475 e. The summed E-state index contributed by atoms with van der Waals surface area (Å²) in [6, 6.07) is 5.73. The van der Waals surface area contributed by atoms with Gasteiger partial charge in [-0.05, 0) is 25.0 Å². The van der Waals surface area contributed by atoms with Gasteiger partial charge in [-0.15, -0.1) is 0 Å². The van der Waals surface area contributed by atoms with Crippen molar-refractivity contribution in [1.29, 1.82) is 0 Å². The van der Waals surface area contributed by atoms with Crippen molar-refractivity contribution in [3.63, 3.8) is 0 Å². The predicted molar refractivity (Wildman–Crippen MR) is 105 cm³/mol. The summed E-state index contributed by atoms with van der Waals surface area (Å²) < 4.78 is 48.6. The van der Waals surface area contributed by atoms with Crippen LogP contribution in [0.5, 0.6) is 0 Å². The second-order valence-electron chi connectivity index (χ2n) is 8.39. The van der Waals surface area contributed by atoms with Crippen LogP contribution in [-0.4, -0.2) is 77.0 Å². The van der Waals surface area contributed by atoms with Gasteiger partial charge in [0.1, 0.15) is 11.5 Å². The normalized spacial score (nSPS) is 23.4. The molecule has 0 bridgehead atoms. The van der Waals surface area contributed by atoms with Gasteiger partial charge in [-0.1, -0.05) is 5.16 Å². The number of likely N-dealkylation sites (tertiary alicyclic amines) is 1. The van der Waals surface area contributed by atoms with Gasteiger partial charge in [0.25, 0.3) is 5.91 Å². The van der Waals surface area contributed by atoms with Gasteiger partial charge in [-0.2, -0.15) is 13.2 Å². The van der Waals surface area contributed by atoms with Crippen molar-refractivity contribution in [1.82, 2.24) is 15.0 Å². The molecule has 0 aromatic carbocycles. The van der Waals surface area contributed by atoms with Crippen molar-refractivity contribution in [3.05, 3.63) is 41.7 Å². The van der Waals surface area contributed by atoms with E-state index in [-0.39, 0.29) is 12.0 Å². The second kappa shape index (κ2) is 9.56. The molecule has 1 amide bonds. The van der Waals surface area contributed by atoms with Crippen LogP contribution in [0.1, 0.15) is 40.8 Å². The van der Waals surface area contributed by atoms with E-state index in [2.05, 4.69) is 10.1 Å². The molecule has 0 radical (unpaired) electrons. The minimum atomic E-state index is -5.08. The molecule has 2 aromatic heterocycles. The van der Waals surface area contributed by atoms with Gasteiger partial charge < -0.3 is 23.7 Å². The van der Waals surface area contributed by atoms with Crippen molar-refractivity contribution < 1.29 is 41.5 Å². The summed E-state index contributed by atoms with van der Waals surface area (Å²) in [4.78, 5) is 25.9. The second-order valence-corrected chi connectivity index (χ2v) is 8.39. The summed E-state index contributed by atoms with van der Waals surface area (Å²) in [6.45, 7) is 4.58. The SMILES string of the molecule is O=C(O)C(F)(F)F.O=C(c1cc(C2CC2)on1)N1C[C@@H]2CN(Cc3ccco3)CCO[C@@H]2C1. The van der Waals surface area contributed by atoms with Crippen molar-refractivity contribution in [2.45, 2.75) is 37.6 Å². The largest absolute Gasteiger partial charge is 0.490 e. The highest BCUT2D eigenvalue weighted by Crippen LogP contribution is 2.40. The number of nitrogens with zero attached hydrogens (tertiary/aromatic N) is 3. The maximum absolute atomic E-state index is 12.8. The van der Waals surface area contributed by atoms with Crippen LogP contribution in [-0.2, 0) is 16.1 Å². The first kappa shape index (κ1) is 23.3. The van der Waals surface area contributed by atoms with Crippen LogP contribution >= 0.6 is 0 Å². The van der Waals surface area contributed by atoms with E-state index in [0.717, 1.165) is 44.0 Å². The molecule has 12 heteroatoms. The quantitative estimate of drug-likeness (QED) is 0.725. The monoisotopic (exact) mass is 471 g/mol. The maximum Gasteiger partial charge on any atom is 0.490 e. The smallest absolute Gasteiger partial charge is 0.475 e. The highest BCUT2D eigenvalue weighted by molar-refractivity contribution is 5.92. The van der Waals surface area contributed by atoms with Gasteiger partial charge in [-0.3, -0.25) is 9.69 Å². The minimum absolute atomic E-state index is 0.0464. The van der Waals surface area contributed by atoms with Crippen molar-refractivity contribution in [2.75, 3.05) is 32.8 Å². The Morgan fingerprint density at radius 1 is 1.21 bits per heavy atom. The lowest BCUT2D eigenvalue weighted by atomic mass is 10.1. The molecule has 1 N–H and O–H groups in total. The number of alkyl halides is 3.